The highest BCUT2D eigenvalue weighted by molar-refractivity contribution is 6.06. The van der Waals surface area contributed by atoms with E-state index in [0.29, 0.717) is 23.5 Å². The third kappa shape index (κ3) is 7.72. The lowest BCUT2D eigenvalue weighted by Gasteiger charge is -2.38. The van der Waals surface area contributed by atoms with Gasteiger partial charge in [-0.05, 0) is 87.2 Å². The molecule has 4 aromatic rings. The van der Waals surface area contributed by atoms with E-state index in [2.05, 4.69) is 63.3 Å². The zero-order valence-electron chi connectivity index (χ0n) is 27.2. The van der Waals surface area contributed by atoms with Gasteiger partial charge in [-0.1, -0.05) is 37.6 Å². The monoisotopic (exact) mass is 608 g/mol. The average Bonchev–Trinajstić information content (AvgIpc) is 3.04. The van der Waals surface area contributed by atoms with Crippen LogP contribution in [0.15, 0.2) is 66.9 Å². The molecule has 2 heterocycles. The Morgan fingerprint density at radius 2 is 1.67 bits per heavy atom. The van der Waals surface area contributed by atoms with Crippen LogP contribution in [0.2, 0.25) is 0 Å². The Bertz CT molecular complexity index is 1590. The fourth-order valence-electron chi connectivity index (χ4n) is 5.58. The Hall–Kier alpha value is -4.63. The van der Waals surface area contributed by atoms with Gasteiger partial charge in [0.1, 0.15) is 5.56 Å². The summed E-state index contributed by atoms with van der Waals surface area (Å²) in [4.78, 5) is 27.7. The van der Waals surface area contributed by atoms with Gasteiger partial charge in [0.05, 0.1) is 7.11 Å². The molecule has 0 aliphatic carbocycles. The van der Waals surface area contributed by atoms with Crippen LogP contribution in [0.1, 0.15) is 54.2 Å². The Balaban J connectivity index is 1.40. The predicted molar refractivity (Wildman–Crippen MR) is 182 cm³/mol. The number of para-hydroxylation sites is 1. The van der Waals surface area contributed by atoms with Crippen LogP contribution in [0.4, 0.5) is 23.0 Å². The normalized spacial score (nSPS) is 13.5. The average molecular weight is 609 g/mol. The Labute approximate surface area is 266 Å². The number of carbonyl (C=O) groups excluding carboxylic acids is 1. The van der Waals surface area contributed by atoms with Crippen molar-refractivity contribution >= 4 is 28.9 Å². The van der Waals surface area contributed by atoms with Gasteiger partial charge in [0.25, 0.3) is 5.91 Å². The first kappa shape index (κ1) is 31.8. The second-order valence-electron chi connectivity index (χ2n) is 11.8. The van der Waals surface area contributed by atoms with Gasteiger partial charge in [-0.15, -0.1) is 0 Å². The highest BCUT2D eigenvalue weighted by Gasteiger charge is 2.21. The number of nitrogens with one attached hydrogen (secondary N) is 2. The molecule has 0 radical (unpaired) electrons. The molecule has 1 amide bonds. The predicted octanol–water partition coefficient (Wildman–Crippen LogP) is 7.37. The van der Waals surface area contributed by atoms with Crippen molar-refractivity contribution in [3.8, 4) is 17.4 Å². The van der Waals surface area contributed by atoms with Crippen LogP contribution in [-0.2, 0) is 6.42 Å². The van der Waals surface area contributed by atoms with Gasteiger partial charge in [-0.25, -0.2) is 4.98 Å². The topological polar surface area (TPSA) is 91.9 Å². The van der Waals surface area contributed by atoms with Gasteiger partial charge in [0, 0.05) is 55.5 Å². The van der Waals surface area contributed by atoms with E-state index in [9.17, 15) is 4.79 Å². The summed E-state index contributed by atoms with van der Waals surface area (Å²) in [5, 5.41) is 6.31. The van der Waals surface area contributed by atoms with E-state index in [1.165, 1.54) is 11.9 Å². The number of benzene rings is 3. The zero-order valence-corrected chi connectivity index (χ0v) is 27.2. The summed E-state index contributed by atoms with van der Waals surface area (Å²) in [6, 6.07) is 20.5. The molecule has 0 unspecified atom stereocenters. The third-order valence-electron chi connectivity index (χ3n) is 8.22. The minimum atomic E-state index is -0.363. The molecule has 9 nitrogen and oxygen atoms in total. The van der Waals surface area contributed by atoms with Crippen molar-refractivity contribution in [2.75, 3.05) is 48.8 Å². The fraction of sp³-hybridized carbons (Fsp3) is 0.361. The molecule has 1 fully saturated rings. The molecule has 0 spiro atoms. The standard InChI is InChI=1S/C36H44N6O3/c1-7-9-27-12-17-31(32(22-27)44-6)45-35-30(34(43)39-33-25(4)10-8-11-26(33)5)23-37-36(40-35)38-28-13-15-29(16-14-28)42-20-18-41(19-21-42)24(2)3/h8,10-17,22-24H,7,9,18-21H2,1-6H3,(H,39,43)(H,37,38,40). The molecule has 236 valence electrons. The molecule has 45 heavy (non-hydrogen) atoms. The molecule has 1 aliphatic heterocycles. The molecule has 1 aliphatic rings. The number of carbonyl (C=O) groups is 1. The quantitative estimate of drug-likeness (QED) is 0.182. The molecule has 3 aromatic carbocycles. The molecule has 5 rings (SSSR count). The molecular weight excluding hydrogens is 564 g/mol. The number of piperazine rings is 1. The number of aromatic nitrogens is 2. The van der Waals surface area contributed by atoms with Crippen molar-refractivity contribution in [1.82, 2.24) is 14.9 Å². The Morgan fingerprint density at radius 1 is 0.956 bits per heavy atom. The van der Waals surface area contributed by atoms with Crippen molar-refractivity contribution in [2.24, 2.45) is 0 Å². The number of anilines is 4. The van der Waals surface area contributed by atoms with Gasteiger partial charge in [-0.3, -0.25) is 9.69 Å². The van der Waals surface area contributed by atoms with Crippen LogP contribution in [0.25, 0.3) is 0 Å². The molecule has 2 N–H and O–H groups in total. The van der Waals surface area contributed by atoms with Gasteiger partial charge in [0.2, 0.25) is 11.8 Å². The second kappa shape index (κ2) is 14.4. The number of ether oxygens (including phenoxy) is 2. The van der Waals surface area contributed by atoms with Crippen LogP contribution < -0.4 is 25.0 Å². The first-order valence-corrected chi connectivity index (χ1v) is 15.7. The van der Waals surface area contributed by atoms with Crippen LogP contribution in [0, 0.1) is 13.8 Å². The minimum absolute atomic E-state index is 0.123. The van der Waals surface area contributed by atoms with Crippen LogP contribution in [-0.4, -0.2) is 60.1 Å². The summed E-state index contributed by atoms with van der Waals surface area (Å²) in [5.41, 5.74) is 6.05. The maximum atomic E-state index is 13.6. The second-order valence-corrected chi connectivity index (χ2v) is 11.8. The molecule has 0 bridgehead atoms. The maximum Gasteiger partial charge on any atom is 0.262 e. The van der Waals surface area contributed by atoms with Crippen LogP contribution in [0.3, 0.4) is 0 Å². The van der Waals surface area contributed by atoms with Crippen LogP contribution >= 0.6 is 0 Å². The highest BCUT2D eigenvalue weighted by atomic mass is 16.5. The smallest absolute Gasteiger partial charge is 0.262 e. The van der Waals surface area contributed by atoms with E-state index < -0.39 is 0 Å². The lowest BCUT2D eigenvalue weighted by atomic mass is 10.1. The molecule has 1 aromatic heterocycles. The maximum absolute atomic E-state index is 13.6. The number of hydrogen-bond donors (Lipinski definition) is 2. The number of amides is 1. The highest BCUT2D eigenvalue weighted by Crippen LogP contribution is 2.34. The van der Waals surface area contributed by atoms with Crippen molar-refractivity contribution < 1.29 is 14.3 Å². The largest absolute Gasteiger partial charge is 0.493 e. The van der Waals surface area contributed by atoms with Crippen molar-refractivity contribution in [3.05, 3.63) is 89.1 Å². The van der Waals surface area contributed by atoms with E-state index in [4.69, 9.17) is 9.47 Å². The molecule has 0 saturated carbocycles. The van der Waals surface area contributed by atoms with Gasteiger partial charge < -0.3 is 25.0 Å². The summed E-state index contributed by atoms with van der Waals surface area (Å²) >= 11 is 0. The zero-order chi connectivity index (χ0) is 31.9. The van der Waals surface area contributed by atoms with Gasteiger partial charge >= 0.3 is 0 Å². The van der Waals surface area contributed by atoms with E-state index in [-0.39, 0.29) is 17.4 Å². The van der Waals surface area contributed by atoms with E-state index >= 15 is 0 Å². The van der Waals surface area contributed by atoms with Gasteiger partial charge in [0.15, 0.2) is 11.5 Å². The van der Waals surface area contributed by atoms with Crippen molar-refractivity contribution in [2.45, 2.75) is 53.5 Å². The summed E-state index contributed by atoms with van der Waals surface area (Å²) in [6.45, 7) is 14.7. The first-order chi connectivity index (χ1) is 21.7. The first-order valence-electron chi connectivity index (χ1n) is 15.7. The summed E-state index contributed by atoms with van der Waals surface area (Å²) in [7, 11) is 1.60. The number of aryl methyl sites for hydroxylation is 3. The molecule has 9 heteroatoms. The van der Waals surface area contributed by atoms with Gasteiger partial charge in [-0.2, -0.15) is 4.98 Å². The SMILES string of the molecule is CCCc1ccc(Oc2nc(Nc3ccc(N4CCN(C(C)C)CC4)cc3)ncc2C(=O)Nc2c(C)cccc2C)c(OC)c1. The van der Waals surface area contributed by atoms with E-state index in [0.717, 1.165) is 67.1 Å². The van der Waals surface area contributed by atoms with Crippen LogP contribution in [0.5, 0.6) is 17.4 Å². The summed E-state index contributed by atoms with van der Waals surface area (Å²) in [6.07, 6.45) is 3.44. The summed E-state index contributed by atoms with van der Waals surface area (Å²) in [5.74, 6) is 1.10. The lowest BCUT2D eigenvalue weighted by Crippen LogP contribution is -2.48. The third-order valence-corrected chi connectivity index (χ3v) is 8.22. The molecular formula is C36H44N6O3. The molecule has 1 saturated heterocycles. The minimum Gasteiger partial charge on any atom is -0.493 e. The Kier molecular flexibility index (Phi) is 10.2. The lowest BCUT2D eigenvalue weighted by molar-refractivity contribution is 0.102. The number of rotatable bonds is 11. The van der Waals surface area contributed by atoms with Crippen molar-refractivity contribution in [1.29, 1.82) is 0 Å². The van der Waals surface area contributed by atoms with E-state index in [1.807, 2.05) is 62.4 Å². The summed E-state index contributed by atoms with van der Waals surface area (Å²) < 4.78 is 11.9. The Morgan fingerprint density at radius 3 is 2.31 bits per heavy atom. The number of hydrogen-bond acceptors (Lipinski definition) is 8. The molecule has 0 atom stereocenters. The van der Waals surface area contributed by atoms with E-state index in [1.54, 1.807) is 7.11 Å². The fourth-order valence-corrected chi connectivity index (χ4v) is 5.58. The van der Waals surface area contributed by atoms with Crippen molar-refractivity contribution in [3.63, 3.8) is 0 Å². The number of nitrogens with zero attached hydrogens (tertiary/aromatic N) is 4. The number of methoxy groups -OCH3 is 1.